The van der Waals surface area contributed by atoms with E-state index in [0.717, 1.165) is 38.9 Å². The van der Waals surface area contributed by atoms with E-state index in [0.29, 0.717) is 17.2 Å². The summed E-state index contributed by atoms with van der Waals surface area (Å²) in [6.45, 7) is 0. The van der Waals surface area contributed by atoms with Crippen LogP contribution in [0.25, 0.3) is 33.5 Å². The fraction of sp³-hybridized carbons (Fsp3) is 0. The van der Waals surface area contributed by atoms with Gasteiger partial charge in [0.25, 0.3) is 11.4 Å². The van der Waals surface area contributed by atoms with Gasteiger partial charge in [-0.25, -0.2) is 9.97 Å². The normalized spacial score (nSPS) is 11.4. The minimum Gasteiger partial charge on any atom is -0.258 e. The van der Waals surface area contributed by atoms with E-state index in [9.17, 15) is 20.2 Å². The molecular weight excluding hydrogens is 556 g/mol. The van der Waals surface area contributed by atoms with Crippen LogP contribution in [0.1, 0.15) is 11.1 Å². The minimum atomic E-state index is -0.435. The van der Waals surface area contributed by atoms with Crippen molar-refractivity contribution < 1.29 is 9.85 Å². The van der Waals surface area contributed by atoms with Crippen molar-refractivity contribution in [1.29, 1.82) is 0 Å². The first kappa shape index (κ1) is 27.7. The molecule has 6 rings (SSSR count). The van der Waals surface area contributed by atoms with Crippen LogP contribution in [0.2, 0.25) is 0 Å². The molecule has 0 saturated heterocycles. The molecule has 0 spiro atoms. The van der Waals surface area contributed by atoms with Crippen LogP contribution < -0.4 is 0 Å². The van der Waals surface area contributed by atoms with Crippen LogP contribution in [0.15, 0.2) is 131 Å². The largest absolute Gasteiger partial charge is 0.269 e. The number of nitrogens with zero attached hydrogens (tertiary/aromatic N) is 6. The highest BCUT2D eigenvalue weighted by Gasteiger charge is 2.12. The Kier molecular flexibility index (Phi) is 7.70. The molecule has 1 aromatic heterocycles. The van der Waals surface area contributed by atoms with E-state index in [-0.39, 0.29) is 11.4 Å². The van der Waals surface area contributed by atoms with Gasteiger partial charge in [-0.05, 0) is 77.9 Å². The summed E-state index contributed by atoms with van der Waals surface area (Å²) in [7, 11) is 0. The highest BCUT2D eigenvalue weighted by atomic mass is 16.6. The molecule has 0 amide bonds. The van der Waals surface area contributed by atoms with Gasteiger partial charge in [0.15, 0.2) is 5.82 Å². The van der Waals surface area contributed by atoms with Crippen LogP contribution in [0.3, 0.4) is 0 Å². The summed E-state index contributed by atoms with van der Waals surface area (Å²) in [5.41, 5.74) is 6.22. The summed E-state index contributed by atoms with van der Waals surface area (Å²) in [4.78, 5) is 39.8. The maximum Gasteiger partial charge on any atom is 0.269 e. The monoisotopic (exact) mass is 578 g/mol. The zero-order valence-corrected chi connectivity index (χ0v) is 23.0. The number of aromatic nitrogens is 2. The Morgan fingerprint density at radius 2 is 1.11 bits per heavy atom. The van der Waals surface area contributed by atoms with Crippen molar-refractivity contribution in [2.24, 2.45) is 9.98 Å². The van der Waals surface area contributed by atoms with E-state index < -0.39 is 9.85 Å². The summed E-state index contributed by atoms with van der Waals surface area (Å²) in [5, 5.41) is 22.6. The van der Waals surface area contributed by atoms with Crippen LogP contribution in [-0.4, -0.2) is 32.2 Å². The molecule has 0 aliphatic carbocycles. The summed E-state index contributed by atoms with van der Waals surface area (Å²) in [6.07, 6.45) is 3.31. The van der Waals surface area contributed by atoms with Crippen molar-refractivity contribution in [3.8, 4) is 22.6 Å². The van der Waals surface area contributed by atoms with E-state index in [4.69, 9.17) is 9.97 Å². The molecule has 0 N–H and O–H groups in total. The molecule has 0 fully saturated rings. The molecule has 0 atom stereocenters. The standard InChI is InChI=1S/C34H22N6O4/c41-39(42)29-15-6-23(7-16-29)21-35-27-12-10-26(11-13-27)34-37-32-19-14-28(36-22-24-8-17-30(18-9-24)40(43)44)20-31(32)33(38-34)25-4-2-1-3-5-25/h1-22H. The number of aliphatic imine (C=N–C) groups is 2. The first-order valence-electron chi connectivity index (χ1n) is 13.5. The number of fused-ring (bicyclic) bond motifs is 1. The van der Waals surface area contributed by atoms with Gasteiger partial charge in [-0.1, -0.05) is 30.3 Å². The molecule has 10 heteroatoms. The third kappa shape index (κ3) is 6.24. The topological polar surface area (TPSA) is 137 Å². The molecular formula is C34H22N6O4. The van der Waals surface area contributed by atoms with Crippen molar-refractivity contribution in [3.05, 3.63) is 153 Å². The summed E-state index contributed by atoms with van der Waals surface area (Å²) < 4.78 is 0. The van der Waals surface area contributed by atoms with Gasteiger partial charge >= 0.3 is 0 Å². The first-order valence-corrected chi connectivity index (χ1v) is 13.5. The van der Waals surface area contributed by atoms with E-state index in [2.05, 4.69) is 9.98 Å². The summed E-state index contributed by atoms with van der Waals surface area (Å²) in [6, 6.07) is 35.5. The molecule has 0 aliphatic rings. The lowest BCUT2D eigenvalue weighted by molar-refractivity contribution is -0.385. The van der Waals surface area contributed by atoms with Crippen molar-refractivity contribution in [1.82, 2.24) is 9.97 Å². The van der Waals surface area contributed by atoms with Crippen LogP contribution >= 0.6 is 0 Å². The number of benzene rings is 5. The van der Waals surface area contributed by atoms with Gasteiger partial charge < -0.3 is 0 Å². The molecule has 0 unspecified atom stereocenters. The molecule has 0 bridgehead atoms. The van der Waals surface area contributed by atoms with Crippen LogP contribution in [0, 0.1) is 20.2 Å². The second-order valence-electron chi connectivity index (χ2n) is 9.72. The van der Waals surface area contributed by atoms with Gasteiger partial charge in [0.2, 0.25) is 0 Å². The Morgan fingerprint density at radius 1 is 0.568 bits per heavy atom. The van der Waals surface area contributed by atoms with Crippen molar-refractivity contribution in [2.75, 3.05) is 0 Å². The Balaban J connectivity index is 1.30. The molecule has 44 heavy (non-hydrogen) atoms. The van der Waals surface area contributed by atoms with Gasteiger partial charge in [-0.15, -0.1) is 0 Å². The van der Waals surface area contributed by atoms with E-state index in [1.807, 2.05) is 72.8 Å². The number of hydrogen-bond donors (Lipinski definition) is 0. The second-order valence-corrected chi connectivity index (χ2v) is 9.72. The molecule has 0 aliphatic heterocycles. The van der Waals surface area contributed by atoms with E-state index in [1.165, 1.54) is 24.3 Å². The predicted molar refractivity (Wildman–Crippen MR) is 171 cm³/mol. The molecule has 6 aromatic rings. The summed E-state index contributed by atoms with van der Waals surface area (Å²) in [5.74, 6) is 0.560. The number of rotatable bonds is 8. The smallest absolute Gasteiger partial charge is 0.258 e. The number of nitro benzene ring substituents is 2. The third-order valence-electron chi connectivity index (χ3n) is 6.79. The van der Waals surface area contributed by atoms with E-state index in [1.54, 1.807) is 36.7 Å². The van der Waals surface area contributed by atoms with Gasteiger partial charge in [0.1, 0.15) is 0 Å². The SMILES string of the molecule is O=[N+]([O-])c1ccc(C=Nc2ccc(-c3nc(-c4ccccc4)c4cc(N=Cc5ccc([N+](=O)[O-])cc5)ccc4n3)cc2)cc1. The lowest BCUT2D eigenvalue weighted by Gasteiger charge is -2.10. The lowest BCUT2D eigenvalue weighted by Crippen LogP contribution is -1.95. The second kappa shape index (κ2) is 12.2. The van der Waals surface area contributed by atoms with Crippen LogP contribution in [0.4, 0.5) is 22.7 Å². The summed E-state index contributed by atoms with van der Waals surface area (Å²) >= 11 is 0. The Labute approximate surface area is 251 Å². The average Bonchev–Trinajstić information content (AvgIpc) is 3.07. The van der Waals surface area contributed by atoms with Gasteiger partial charge in [0, 0.05) is 53.2 Å². The van der Waals surface area contributed by atoms with Crippen LogP contribution in [0.5, 0.6) is 0 Å². The zero-order valence-electron chi connectivity index (χ0n) is 23.0. The molecule has 5 aromatic carbocycles. The van der Waals surface area contributed by atoms with Crippen molar-refractivity contribution >= 4 is 46.1 Å². The average molecular weight is 579 g/mol. The van der Waals surface area contributed by atoms with Gasteiger partial charge in [-0.3, -0.25) is 30.2 Å². The molecule has 212 valence electrons. The van der Waals surface area contributed by atoms with Crippen molar-refractivity contribution in [3.63, 3.8) is 0 Å². The molecule has 0 saturated carbocycles. The molecule has 10 nitrogen and oxygen atoms in total. The number of hydrogen-bond acceptors (Lipinski definition) is 8. The Hall–Kier alpha value is -6.42. The molecule has 0 radical (unpaired) electrons. The number of non-ortho nitro benzene ring substituents is 2. The fourth-order valence-corrected chi connectivity index (χ4v) is 4.50. The third-order valence-corrected chi connectivity index (χ3v) is 6.79. The van der Waals surface area contributed by atoms with Crippen molar-refractivity contribution in [2.45, 2.75) is 0 Å². The maximum absolute atomic E-state index is 10.9. The highest BCUT2D eigenvalue weighted by molar-refractivity contribution is 5.96. The molecule has 1 heterocycles. The highest BCUT2D eigenvalue weighted by Crippen LogP contribution is 2.32. The van der Waals surface area contributed by atoms with Gasteiger partial charge in [0.05, 0.1) is 32.4 Å². The maximum atomic E-state index is 10.9. The predicted octanol–water partition coefficient (Wildman–Crippen LogP) is 8.28. The van der Waals surface area contributed by atoms with Gasteiger partial charge in [-0.2, -0.15) is 0 Å². The quantitative estimate of drug-likeness (QED) is 0.101. The fourth-order valence-electron chi connectivity index (χ4n) is 4.50. The van der Waals surface area contributed by atoms with Crippen LogP contribution in [-0.2, 0) is 0 Å². The lowest BCUT2D eigenvalue weighted by atomic mass is 10.0. The van der Waals surface area contributed by atoms with E-state index >= 15 is 0 Å². The first-order chi connectivity index (χ1) is 21.4. The minimum absolute atomic E-state index is 0.0259. The Morgan fingerprint density at radius 3 is 1.68 bits per heavy atom. The zero-order chi connectivity index (χ0) is 30.5. The number of nitro groups is 2. The Bertz CT molecular complexity index is 2040.